The van der Waals surface area contributed by atoms with Crippen molar-refractivity contribution in [2.75, 3.05) is 33.3 Å². The summed E-state index contributed by atoms with van der Waals surface area (Å²) in [6.07, 6.45) is 5.95. The lowest BCUT2D eigenvalue weighted by Gasteiger charge is -2.41. The first-order chi connectivity index (χ1) is 16.4. The standard InChI is InChI=1S/C13H19N3O3S.C6H7N.C3H8.2CH2O/c1-15-8-5-13(6-9-15)16(10-11-19-13)20(17,18)12-4-2-3-7-14-12;1-6-4-2-3-5-7-6;1-3-2;2*1-2/h2-4,7H,5-6,8-11H2,1H3;2-5H,1H3;3H2,1-2H3;2*1H2. The third kappa shape index (κ3) is 9.38. The van der Waals surface area contributed by atoms with Gasteiger partial charge in [-0.15, -0.1) is 0 Å². The number of sulfonamides is 1. The highest BCUT2D eigenvalue weighted by Crippen LogP contribution is 2.37. The summed E-state index contributed by atoms with van der Waals surface area (Å²) in [7, 11) is -1.54. The molecule has 4 rings (SSSR count). The Hall–Kier alpha value is -2.53. The highest BCUT2D eigenvalue weighted by Gasteiger charge is 2.50. The van der Waals surface area contributed by atoms with Crippen LogP contribution < -0.4 is 0 Å². The van der Waals surface area contributed by atoms with E-state index in [2.05, 4.69) is 28.7 Å². The van der Waals surface area contributed by atoms with Crippen molar-refractivity contribution in [2.24, 2.45) is 0 Å². The summed E-state index contributed by atoms with van der Waals surface area (Å²) in [5, 5.41) is 0.101. The van der Waals surface area contributed by atoms with Gasteiger partial charge in [0.2, 0.25) is 0 Å². The van der Waals surface area contributed by atoms with E-state index >= 15 is 0 Å². The first-order valence-corrected chi connectivity index (χ1v) is 12.5. The molecule has 0 bridgehead atoms. The lowest BCUT2D eigenvalue weighted by Crippen LogP contribution is -2.54. The van der Waals surface area contributed by atoms with Crippen molar-refractivity contribution in [3.05, 3.63) is 54.5 Å². The normalized spacial score (nSPS) is 16.8. The second kappa shape index (κ2) is 17.0. The van der Waals surface area contributed by atoms with Crippen LogP contribution in [0.1, 0.15) is 38.8 Å². The summed E-state index contributed by atoms with van der Waals surface area (Å²) in [5.41, 5.74) is 0.394. The zero-order valence-corrected chi connectivity index (χ0v) is 21.5. The van der Waals surface area contributed by atoms with Gasteiger partial charge in [0.1, 0.15) is 19.3 Å². The molecule has 0 amide bonds. The van der Waals surface area contributed by atoms with E-state index in [1.807, 2.05) is 45.7 Å². The largest absolute Gasteiger partial charge is 0.358 e. The molecule has 0 aliphatic carbocycles. The molecule has 0 atom stereocenters. The van der Waals surface area contributed by atoms with Crippen LogP contribution in [0.3, 0.4) is 0 Å². The van der Waals surface area contributed by atoms with E-state index in [1.165, 1.54) is 23.0 Å². The minimum Gasteiger partial charge on any atom is -0.358 e. The van der Waals surface area contributed by atoms with Gasteiger partial charge in [-0.05, 0) is 38.2 Å². The lowest BCUT2D eigenvalue weighted by molar-refractivity contribution is -0.0987. The number of hydrogen-bond donors (Lipinski definition) is 0. The zero-order chi connectivity index (χ0) is 26.0. The molecule has 2 aliphatic heterocycles. The van der Waals surface area contributed by atoms with Gasteiger partial charge in [0, 0.05) is 50.6 Å². The van der Waals surface area contributed by atoms with Crippen LogP contribution in [0.2, 0.25) is 0 Å². The summed E-state index contributed by atoms with van der Waals surface area (Å²) in [6, 6.07) is 10.8. The molecule has 2 saturated heterocycles. The average molecular weight is 495 g/mol. The maximum absolute atomic E-state index is 12.8. The van der Waals surface area contributed by atoms with E-state index in [1.54, 1.807) is 18.3 Å². The van der Waals surface area contributed by atoms with Crippen molar-refractivity contribution < 1.29 is 22.7 Å². The van der Waals surface area contributed by atoms with E-state index < -0.39 is 15.7 Å². The minimum absolute atomic E-state index is 0.101. The fourth-order valence-electron chi connectivity index (χ4n) is 3.36. The SMILES string of the molecule is C=O.C=O.CCC.CN1CCC2(CC1)OCCN2S(=O)(=O)c1ccccn1.Cc1ccccn1. The molecule has 1 spiro atoms. The molecule has 2 fully saturated rings. The molecular weight excluding hydrogens is 456 g/mol. The van der Waals surface area contributed by atoms with Crippen LogP contribution in [0.25, 0.3) is 0 Å². The third-order valence-corrected chi connectivity index (χ3v) is 6.76. The molecule has 0 saturated carbocycles. The van der Waals surface area contributed by atoms with E-state index in [0.717, 1.165) is 18.8 Å². The number of hydrogen-bond acceptors (Lipinski definition) is 8. The number of likely N-dealkylation sites (tertiary alicyclic amines) is 1. The van der Waals surface area contributed by atoms with Crippen LogP contribution in [-0.2, 0) is 24.3 Å². The van der Waals surface area contributed by atoms with Gasteiger partial charge in [-0.25, -0.2) is 13.4 Å². The average Bonchev–Trinajstić information content (AvgIpc) is 3.30. The van der Waals surface area contributed by atoms with E-state index in [-0.39, 0.29) is 5.03 Å². The van der Waals surface area contributed by atoms with Gasteiger partial charge in [-0.2, -0.15) is 4.31 Å². The van der Waals surface area contributed by atoms with Crippen LogP contribution in [0.4, 0.5) is 0 Å². The van der Waals surface area contributed by atoms with Gasteiger partial charge < -0.3 is 19.2 Å². The van der Waals surface area contributed by atoms with Crippen molar-refractivity contribution >= 4 is 23.6 Å². The predicted molar refractivity (Wildman–Crippen MR) is 133 cm³/mol. The minimum atomic E-state index is -3.59. The summed E-state index contributed by atoms with van der Waals surface area (Å²) in [6.45, 7) is 12.8. The van der Waals surface area contributed by atoms with Crippen molar-refractivity contribution in [3.63, 3.8) is 0 Å². The summed E-state index contributed by atoms with van der Waals surface area (Å²) < 4.78 is 32.9. The number of ether oxygens (including phenoxy) is 1. The summed E-state index contributed by atoms with van der Waals surface area (Å²) in [4.78, 5) is 26.2. The van der Waals surface area contributed by atoms with E-state index in [9.17, 15) is 8.42 Å². The van der Waals surface area contributed by atoms with Crippen molar-refractivity contribution in [3.8, 4) is 0 Å². The van der Waals surface area contributed by atoms with Crippen molar-refractivity contribution in [1.82, 2.24) is 19.2 Å². The Labute approximate surface area is 204 Å². The predicted octanol–water partition coefficient (Wildman–Crippen LogP) is 2.96. The van der Waals surface area contributed by atoms with Gasteiger partial charge in [-0.1, -0.05) is 32.4 Å². The number of carbonyl (C=O) groups excluding carboxylic acids is 2. The van der Waals surface area contributed by atoms with Crippen LogP contribution >= 0.6 is 0 Å². The number of aryl methyl sites for hydroxylation is 1. The Morgan fingerprint density at radius 2 is 1.47 bits per heavy atom. The second-order valence-corrected chi connectivity index (χ2v) is 9.33. The Morgan fingerprint density at radius 1 is 0.941 bits per heavy atom. The van der Waals surface area contributed by atoms with Gasteiger partial charge in [0.15, 0.2) is 5.03 Å². The molecule has 0 radical (unpaired) electrons. The van der Waals surface area contributed by atoms with Crippen molar-refractivity contribution in [1.29, 1.82) is 0 Å². The van der Waals surface area contributed by atoms with Gasteiger partial charge in [0.05, 0.1) is 6.61 Å². The Bertz CT molecular complexity index is 875. The second-order valence-electron chi connectivity index (χ2n) is 7.52. The molecule has 0 aromatic carbocycles. The molecule has 2 aliphatic rings. The molecule has 9 nitrogen and oxygen atoms in total. The molecule has 190 valence electrons. The number of aromatic nitrogens is 2. The molecule has 4 heterocycles. The summed E-state index contributed by atoms with van der Waals surface area (Å²) >= 11 is 0. The van der Waals surface area contributed by atoms with Gasteiger partial charge >= 0.3 is 0 Å². The summed E-state index contributed by atoms with van der Waals surface area (Å²) in [5.74, 6) is 0. The lowest BCUT2D eigenvalue weighted by atomic mass is 10.0. The third-order valence-electron chi connectivity index (χ3n) is 4.89. The molecular formula is C24H38N4O5S. The smallest absolute Gasteiger partial charge is 0.263 e. The zero-order valence-electron chi connectivity index (χ0n) is 20.7. The quantitative estimate of drug-likeness (QED) is 0.627. The molecule has 0 N–H and O–H groups in total. The highest BCUT2D eigenvalue weighted by atomic mass is 32.2. The molecule has 2 aromatic heterocycles. The Balaban J connectivity index is 0.000000646. The number of nitrogens with zero attached hydrogens (tertiary/aromatic N) is 4. The fraction of sp³-hybridized carbons (Fsp3) is 0.500. The van der Waals surface area contributed by atoms with Crippen LogP contribution in [0.5, 0.6) is 0 Å². The first-order valence-electron chi connectivity index (χ1n) is 11.1. The highest BCUT2D eigenvalue weighted by molar-refractivity contribution is 7.89. The van der Waals surface area contributed by atoms with E-state index in [4.69, 9.17) is 14.3 Å². The van der Waals surface area contributed by atoms with Crippen LogP contribution in [0.15, 0.2) is 53.8 Å². The molecule has 34 heavy (non-hydrogen) atoms. The maximum atomic E-state index is 12.8. The first kappa shape index (κ1) is 31.5. The van der Waals surface area contributed by atoms with Gasteiger partial charge in [0.25, 0.3) is 10.0 Å². The molecule has 2 aromatic rings. The van der Waals surface area contributed by atoms with E-state index in [0.29, 0.717) is 26.0 Å². The van der Waals surface area contributed by atoms with Crippen LogP contribution in [0, 0.1) is 6.92 Å². The van der Waals surface area contributed by atoms with Crippen molar-refractivity contribution in [2.45, 2.75) is 50.8 Å². The topological polar surface area (TPSA) is 110 Å². The molecule has 10 heteroatoms. The fourth-order valence-corrected chi connectivity index (χ4v) is 5.01. The molecule has 0 unspecified atom stereocenters. The van der Waals surface area contributed by atoms with Gasteiger partial charge in [-0.3, -0.25) is 4.98 Å². The maximum Gasteiger partial charge on any atom is 0.263 e. The Kier molecular flexibility index (Phi) is 15.7. The van der Waals surface area contributed by atoms with Crippen LogP contribution in [-0.4, -0.2) is 80.2 Å². The monoisotopic (exact) mass is 494 g/mol. The number of piperidine rings is 1. The number of pyridine rings is 2. The number of carbonyl (C=O) groups is 2. The number of rotatable bonds is 2. The Morgan fingerprint density at radius 3 is 1.88 bits per heavy atom.